The third kappa shape index (κ3) is 5.88. The van der Waals surface area contributed by atoms with Crippen molar-refractivity contribution in [1.82, 2.24) is 10.2 Å². The molecule has 1 N–H and O–H groups in total. The topological polar surface area (TPSA) is 79.8 Å². The van der Waals surface area contributed by atoms with Crippen LogP contribution in [0.4, 0.5) is 21.6 Å². The number of methoxy groups -OCH3 is 2. The number of anilines is 3. The van der Waals surface area contributed by atoms with Crippen molar-refractivity contribution in [3.8, 4) is 11.5 Å². The van der Waals surface area contributed by atoms with Gasteiger partial charge in [0.05, 0.1) is 25.7 Å². The van der Waals surface area contributed by atoms with Crippen LogP contribution in [0.3, 0.4) is 0 Å². The van der Waals surface area contributed by atoms with Gasteiger partial charge in [-0.3, -0.25) is 4.79 Å². The highest BCUT2D eigenvalue weighted by Gasteiger charge is 2.19. The van der Waals surface area contributed by atoms with Crippen LogP contribution in [-0.4, -0.2) is 62.3 Å². The molecule has 0 spiro atoms. The quantitative estimate of drug-likeness (QED) is 0.486. The molecule has 2 aromatic carbocycles. The van der Waals surface area contributed by atoms with Crippen molar-refractivity contribution in [3.63, 3.8) is 0 Å². The van der Waals surface area contributed by atoms with E-state index in [1.165, 1.54) is 23.9 Å². The van der Waals surface area contributed by atoms with Crippen LogP contribution in [0, 0.1) is 5.82 Å². The highest BCUT2D eigenvalue weighted by molar-refractivity contribution is 7.99. The number of hydrogen-bond acceptors (Lipinski definition) is 8. The number of aromatic nitrogens is 2. The monoisotopic (exact) mass is 483 g/mol. The van der Waals surface area contributed by atoms with Gasteiger partial charge in [-0.25, -0.2) is 4.39 Å². The van der Waals surface area contributed by atoms with Gasteiger partial charge < -0.3 is 24.6 Å². The molecule has 0 saturated carbocycles. The number of nitrogens with one attached hydrogen (secondary N) is 1. The maximum absolute atomic E-state index is 13.1. The summed E-state index contributed by atoms with van der Waals surface area (Å²) < 4.78 is 23.6. The van der Waals surface area contributed by atoms with E-state index in [1.54, 1.807) is 44.6 Å². The third-order valence-electron chi connectivity index (χ3n) is 5.46. The molecule has 10 heteroatoms. The maximum atomic E-state index is 13.1. The van der Waals surface area contributed by atoms with Crippen LogP contribution < -0.4 is 24.6 Å². The van der Waals surface area contributed by atoms with E-state index in [2.05, 4.69) is 25.3 Å². The second-order valence-electron chi connectivity index (χ2n) is 7.58. The van der Waals surface area contributed by atoms with E-state index in [9.17, 15) is 9.18 Å². The zero-order valence-electron chi connectivity index (χ0n) is 19.0. The smallest absolute Gasteiger partial charge is 0.234 e. The zero-order valence-corrected chi connectivity index (χ0v) is 19.8. The van der Waals surface area contributed by atoms with Gasteiger partial charge in [-0.05, 0) is 48.5 Å². The van der Waals surface area contributed by atoms with Crippen LogP contribution in [0.1, 0.15) is 0 Å². The minimum Gasteiger partial charge on any atom is -0.497 e. The summed E-state index contributed by atoms with van der Waals surface area (Å²) >= 11 is 1.31. The van der Waals surface area contributed by atoms with Gasteiger partial charge >= 0.3 is 0 Å². The lowest BCUT2D eigenvalue weighted by Crippen LogP contribution is -2.46. The summed E-state index contributed by atoms with van der Waals surface area (Å²) in [5.74, 6) is 1.78. The molecule has 1 amide bonds. The Morgan fingerprint density at radius 1 is 0.971 bits per heavy atom. The van der Waals surface area contributed by atoms with Gasteiger partial charge in [0.1, 0.15) is 22.3 Å². The molecule has 3 aromatic rings. The molecule has 0 atom stereocenters. The van der Waals surface area contributed by atoms with Crippen LogP contribution in [0.15, 0.2) is 59.6 Å². The maximum Gasteiger partial charge on any atom is 0.234 e. The number of amides is 1. The fourth-order valence-electron chi connectivity index (χ4n) is 3.63. The number of carbonyl (C=O) groups excluding carboxylic acids is 1. The van der Waals surface area contributed by atoms with Gasteiger partial charge in [-0.2, -0.15) is 0 Å². The predicted molar refractivity (Wildman–Crippen MR) is 132 cm³/mol. The lowest BCUT2D eigenvalue weighted by atomic mass is 10.2. The number of halogens is 1. The zero-order chi connectivity index (χ0) is 23.9. The van der Waals surface area contributed by atoms with Crippen molar-refractivity contribution in [1.29, 1.82) is 0 Å². The molecule has 1 saturated heterocycles. The first-order chi connectivity index (χ1) is 16.6. The summed E-state index contributed by atoms with van der Waals surface area (Å²) in [5.41, 5.74) is 1.60. The molecule has 1 aliphatic heterocycles. The average molecular weight is 484 g/mol. The average Bonchev–Trinajstić information content (AvgIpc) is 2.88. The van der Waals surface area contributed by atoms with Crippen molar-refractivity contribution in [2.24, 2.45) is 0 Å². The van der Waals surface area contributed by atoms with Crippen LogP contribution in [0.25, 0.3) is 0 Å². The fraction of sp³-hybridized carbons (Fsp3) is 0.292. The molecule has 4 rings (SSSR count). The van der Waals surface area contributed by atoms with Crippen LogP contribution in [-0.2, 0) is 4.79 Å². The summed E-state index contributed by atoms with van der Waals surface area (Å²) in [4.78, 5) is 16.8. The first-order valence-electron chi connectivity index (χ1n) is 10.8. The van der Waals surface area contributed by atoms with Crippen LogP contribution in [0.2, 0.25) is 0 Å². The Labute approximate surface area is 202 Å². The highest BCUT2D eigenvalue weighted by Crippen LogP contribution is 2.29. The van der Waals surface area contributed by atoms with E-state index in [0.717, 1.165) is 37.7 Å². The molecule has 8 nitrogen and oxygen atoms in total. The van der Waals surface area contributed by atoms with Crippen molar-refractivity contribution in [2.75, 3.05) is 61.3 Å². The first-order valence-corrected chi connectivity index (χ1v) is 11.8. The lowest BCUT2D eigenvalue weighted by molar-refractivity contribution is -0.113. The van der Waals surface area contributed by atoms with Gasteiger partial charge in [0.2, 0.25) is 5.91 Å². The third-order valence-corrected chi connectivity index (χ3v) is 6.38. The molecule has 0 unspecified atom stereocenters. The summed E-state index contributed by atoms with van der Waals surface area (Å²) in [5, 5.41) is 12.1. The molecular formula is C24H26FN5O3S. The summed E-state index contributed by atoms with van der Waals surface area (Å²) in [6, 6.07) is 15.6. The van der Waals surface area contributed by atoms with Gasteiger partial charge in [0.25, 0.3) is 0 Å². The molecule has 1 aromatic heterocycles. The second kappa shape index (κ2) is 11.1. The van der Waals surface area contributed by atoms with Crippen molar-refractivity contribution in [2.45, 2.75) is 5.03 Å². The molecule has 178 valence electrons. The van der Waals surface area contributed by atoms with Gasteiger partial charge in [0, 0.05) is 37.9 Å². The normalized spacial score (nSPS) is 13.5. The Morgan fingerprint density at radius 2 is 1.71 bits per heavy atom. The molecule has 1 fully saturated rings. The van der Waals surface area contributed by atoms with E-state index in [-0.39, 0.29) is 17.5 Å². The second-order valence-corrected chi connectivity index (χ2v) is 8.58. The molecule has 0 aliphatic carbocycles. The first kappa shape index (κ1) is 23.6. The van der Waals surface area contributed by atoms with Gasteiger partial charge in [-0.1, -0.05) is 11.8 Å². The molecule has 0 radical (unpaired) electrons. The number of thioether (sulfide) groups is 1. The predicted octanol–water partition coefficient (Wildman–Crippen LogP) is 3.69. The number of hydrogen-bond donors (Lipinski definition) is 1. The molecule has 34 heavy (non-hydrogen) atoms. The van der Waals surface area contributed by atoms with Crippen molar-refractivity contribution in [3.05, 3.63) is 60.4 Å². The van der Waals surface area contributed by atoms with Crippen molar-refractivity contribution >= 4 is 34.9 Å². The number of ether oxygens (including phenoxy) is 2. The molecule has 0 bridgehead atoms. The van der Waals surface area contributed by atoms with Gasteiger partial charge in [0.15, 0.2) is 5.82 Å². The number of rotatable bonds is 8. The molecule has 1 aliphatic rings. The van der Waals surface area contributed by atoms with Gasteiger partial charge in [-0.15, -0.1) is 10.2 Å². The summed E-state index contributed by atoms with van der Waals surface area (Å²) in [6.07, 6.45) is 0. The van der Waals surface area contributed by atoms with Crippen LogP contribution in [0.5, 0.6) is 11.5 Å². The van der Waals surface area contributed by atoms with E-state index >= 15 is 0 Å². The van der Waals surface area contributed by atoms with Crippen LogP contribution >= 0.6 is 11.8 Å². The number of piperazine rings is 1. The standard InChI is InChI=1S/C24H26FN5O3S/c1-32-19-7-8-20(21(15-19)33-2)26-23(31)16-34-24-10-9-22(27-28-24)30-13-11-29(12-14-30)18-5-3-17(25)4-6-18/h3-10,15H,11-14,16H2,1-2H3,(H,26,31). The summed E-state index contributed by atoms with van der Waals surface area (Å²) in [7, 11) is 3.11. The number of nitrogens with zero attached hydrogens (tertiary/aromatic N) is 4. The minimum absolute atomic E-state index is 0.170. The lowest BCUT2D eigenvalue weighted by Gasteiger charge is -2.36. The van der Waals surface area contributed by atoms with Crippen molar-refractivity contribution < 1.29 is 18.7 Å². The largest absolute Gasteiger partial charge is 0.497 e. The van der Waals surface area contributed by atoms with E-state index in [4.69, 9.17) is 9.47 Å². The molecule has 2 heterocycles. The SMILES string of the molecule is COc1ccc(NC(=O)CSc2ccc(N3CCN(c4ccc(F)cc4)CC3)nn2)c(OC)c1. The van der Waals surface area contributed by atoms with E-state index in [0.29, 0.717) is 22.2 Å². The fourth-order valence-corrected chi connectivity index (χ4v) is 4.25. The Hall–Kier alpha value is -3.53. The Morgan fingerprint density at radius 3 is 2.35 bits per heavy atom. The minimum atomic E-state index is -0.228. The number of carbonyl (C=O) groups is 1. The summed E-state index contributed by atoms with van der Waals surface area (Å²) in [6.45, 7) is 3.23. The Balaban J connectivity index is 1.26. The van der Waals surface area contributed by atoms with E-state index < -0.39 is 0 Å². The molecular weight excluding hydrogens is 457 g/mol. The van der Waals surface area contributed by atoms with E-state index in [1.807, 2.05) is 12.1 Å². The highest BCUT2D eigenvalue weighted by atomic mass is 32.2. The Bertz CT molecular complexity index is 1110. The number of benzene rings is 2. The Kier molecular flexibility index (Phi) is 7.69.